The summed E-state index contributed by atoms with van der Waals surface area (Å²) >= 11 is 0. The van der Waals surface area contributed by atoms with Crippen molar-refractivity contribution in [3.8, 4) is 28.4 Å². The Hall–Kier alpha value is -4.13. The molecular formula is C27H26FN3O3. The van der Waals surface area contributed by atoms with Crippen LogP contribution in [0.4, 0.5) is 4.39 Å². The number of hydrogen-bond donors (Lipinski definition) is 1. The zero-order valence-electron chi connectivity index (χ0n) is 19.6. The smallest absolute Gasteiger partial charge is 0.270 e. The van der Waals surface area contributed by atoms with E-state index in [0.29, 0.717) is 22.9 Å². The number of carbonyl (C=O) groups is 1. The highest BCUT2D eigenvalue weighted by atomic mass is 19.1. The lowest BCUT2D eigenvalue weighted by Crippen LogP contribution is -2.25. The summed E-state index contributed by atoms with van der Waals surface area (Å²) in [4.78, 5) is 13.3. The zero-order valence-corrected chi connectivity index (χ0v) is 19.6. The molecule has 1 N–H and O–H groups in total. The number of carbonyl (C=O) groups excluding carboxylic acids is 1. The van der Waals surface area contributed by atoms with Gasteiger partial charge in [-0.25, -0.2) is 9.07 Å². The van der Waals surface area contributed by atoms with Gasteiger partial charge < -0.3 is 14.8 Å². The first-order valence-electron chi connectivity index (χ1n) is 10.8. The Bertz CT molecular complexity index is 1330. The molecule has 0 aliphatic carbocycles. The van der Waals surface area contributed by atoms with E-state index in [2.05, 4.69) is 5.32 Å². The lowest BCUT2D eigenvalue weighted by molar-refractivity contribution is 0.0943. The second kappa shape index (κ2) is 9.79. The molecule has 0 atom stereocenters. The number of rotatable bonds is 7. The van der Waals surface area contributed by atoms with Gasteiger partial charge in [-0.05, 0) is 61.4 Å². The minimum absolute atomic E-state index is 0.262. The number of nitrogens with one attached hydrogen (secondary N) is 1. The molecular weight excluding hydrogens is 433 g/mol. The molecule has 0 fully saturated rings. The third-order valence-electron chi connectivity index (χ3n) is 5.57. The Balaban J connectivity index is 1.75. The number of halogens is 1. The van der Waals surface area contributed by atoms with Gasteiger partial charge >= 0.3 is 0 Å². The van der Waals surface area contributed by atoms with Crippen molar-refractivity contribution in [3.63, 3.8) is 0 Å². The summed E-state index contributed by atoms with van der Waals surface area (Å²) in [5.41, 5.74) is 5.41. The molecule has 1 aromatic heterocycles. The van der Waals surface area contributed by atoms with Crippen molar-refractivity contribution in [2.75, 3.05) is 14.2 Å². The van der Waals surface area contributed by atoms with Crippen molar-refractivity contribution in [3.05, 3.63) is 94.9 Å². The fourth-order valence-corrected chi connectivity index (χ4v) is 3.79. The van der Waals surface area contributed by atoms with Gasteiger partial charge in [-0.2, -0.15) is 5.10 Å². The summed E-state index contributed by atoms with van der Waals surface area (Å²) in [6.45, 7) is 4.26. The van der Waals surface area contributed by atoms with Gasteiger partial charge in [0.15, 0.2) is 0 Å². The van der Waals surface area contributed by atoms with E-state index in [1.165, 1.54) is 12.1 Å². The lowest BCUT2D eigenvalue weighted by Gasteiger charge is -2.11. The summed E-state index contributed by atoms with van der Waals surface area (Å²) in [7, 11) is 3.17. The fourth-order valence-electron chi connectivity index (χ4n) is 3.79. The van der Waals surface area contributed by atoms with E-state index in [1.54, 1.807) is 43.2 Å². The molecule has 3 aromatic carbocycles. The Kier molecular flexibility index (Phi) is 6.63. The fraction of sp³-hybridized carbons (Fsp3) is 0.185. The summed E-state index contributed by atoms with van der Waals surface area (Å²) in [6, 6.07) is 19.2. The van der Waals surface area contributed by atoms with Crippen molar-refractivity contribution in [2.45, 2.75) is 20.4 Å². The number of ether oxygens (including phenoxy) is 2. The van der Waals surface area contributed by atoms with Crippen LogP contribution >= 0.6 is 0 Å². The minimum atomic E-state index is -0.318. The average Bonchev–Trinajstić information content (AvgIpc) is 3.28. The van der Waals surface area contributed by atoms with Crippen molar-refractivity contribution in [1.29, 1.82) is 0 Å². The molecule has 0 aliphatic heterocycles. The first-order valence-corrected chi connectivity index (χ1v) is 10.8. The molecule has 0 aliphatic rings. The van der Waals surface area contributed by atoms with E-state index in [4.69, 9.17) is 14.6 Å². The first-order chi connectivity index (χ1) is 16.4. The van der Waals surface area contributed by atoms with E-state index in [0.717, 1.165) is 27.9 Å². The first kappa shape index (κ1) is 23.0. The highest BCUT2D eigenvalue weighted by Crippen LogP contribution is 2.34. The summed E-state index contributed by atoms with van der Waals surface area (Å²) < 4.78 is 25.7. The van der Waals surface area contributed by atoms with E-state index < -0.39 is 0 Å². The monoisotopic (exact) mass is 459 g/mol. The number of methoxy groups -OCH3 is 2. The number of aryl methyl sites for hydroxylation is 2. The van der Waals surface area contributed by atoms with Crippen LogP contribution in [-0.4, -0.2) is 29.9 Å². The largest absolute Gasteiger partial charge is 0.497 e. The van der Waals surface area contributed by atoms with Gasteiger partial charge in [0.1, 0.15) is 23.0 Å². The van der Waals surface area contributed by atoms with Crippen LogP contribution in [0.15, 0.2) is 66.7 Å². The van der Waals surface area contributed by atoms with Crippen LogP contribution in [0.2, 0.25) is 0 Å². The van der Waals surface area contributed by atoms with Crippen LogP contribution in [0.3, 0.4) is 0 Å². The molecule has 0 unspecified atom stereocenters. The molecule has 0 radical (unpaired) electrons. The summed E-state index contributed by atoms with van der Waals surface area (Å²) in [5, 5.41) is 7.69. The van der Waals surface area contributed by atoms with Crippen molar-refractivity contribution < 1.29 is 18.7 Å². The molecule has 1 amide bonds. The maximum absolute atomic E-state index is 13.3. The molecule has 7 heteroatoms. The van der Waals surface area contributed by atoms with Crippen LogP contribution in [0.1, 0.15) is 27.2 Å². The Morgan fingerprint density at radius 1 is 0.971 bits per heavy atom. The maximum Gasteiger partial charge on any atom is 0.270 e. The molecule has 174 valence electrons. The van der Waals surface area contributed by atoms with Crippen LogP contribution < -0.4 is 14.8 Å². The van der Waals surface area contributed by atoms with Gasteiger partial charge in [-0.15, -0.1) is 0 Å². The van der Waals surface area contributed by atoms with Crippen molar-refractivity contribution in [2.24, 2.45) is 0 Å². The predicted octanol–water partition coefficient (Wildman–Crippen LogP) is 5.24. The number of hydrogen-bond acceptors (Lipinski definition) is 4. The van der Waals surface area contributed by atoms with E-state index >= 15 is 0 Å². The molecule has 1 heterocycles. The molecule has 0 saturated carbocycles. The number of benzene rings is 3. The van der Waals surface area contributed by atoms with Gasteiger partial charge in [0, 0.05) is 18.2 Å². The molecule has 0 bridgehead atoms. The second-order valence-corrected chi connectivity index (χ2v) is 7.99. The van der Waals surface area contributed by atoms with E-state index in [1.807, 2.05) is 44.2 Å². The SMILES string of the molecule is COc1ccc(-c2cc(C(=O)NCc3ccc(F)cc3)n(-c3ccc(C)cc3C)n2)c(OC)c1. The van der Waals surface area contributed by atoms with Crippen LogP contribution in [0, 0.1) is 19.7 Å². The topological polar surface area (TPSA) is 65.4 Å². The van der Waals surface area contributed by atoms with Crippen molar-refractivity contribution in [1.82, 2.24) is 15.1 Å². The minimum Gasteiger partial charge on any atom is -0.497 e. The molecule has 4 aromatic rings. The molecule has 34 heavy (non-hydrogen) atoms. The molecule has 4 rings (SSSR count). The quantitative estimate of drug-likeness (QED) is 0.410. The highest BCUT2D eigenvalue weighted by Gasteiger charge is 2.20. The van der Waals surface area contributed by atoms with Crippen LogP contribution in [0.5, 0.6) is 11.5 Å². The predicted molar refractivity (Wildman–Crippen MR) is 129 cm³/mol. The average molecular weight is 460 g/mol. The lowest BCUT2D eigenvalue weighted by atomic mass is 10.1. The van der Waals surface area contributed by atoms with Gasteiger partial charge in [0.05, 0.1) is 25.6 Å². The van der Waals surface area contributed by atoms with Crippen molar-refractivity contribution >= 4 is 5.91 Å². The molecule has 6 nitrogen and oxygen atoms in total. The van der Waals surface area contributed by atoms with Crippen LogP contribution in [0.25, 0.3) is 16.9 Å². The Morgan fingerprint density at radius 2 is 1.74 bits per heavy atom. The summed E-state index contributed by atoms with van der Waals surface area (Å²) in [5.74, 6) is 0.631. The Morgan fingerprint density at radius 3 is 2.41 bits per heavy atom. The van der Waals surface area contributed by atoms with Gasteiger partial charge in [-0.3, -0.25) is 4.79 Å². The van der Waals surface area contributed by atoms with Gasteiger partial charge in [0.25, 0.3) is 5.91 Å². The number of aromatic nitrogens is 2. The molecule has 0 spiro atoms. The second-order valence-electron chi connectivity index (χ2n) is 7.99. The maximum atomic E-state index is 13.3. The number of nitrogens with zero attached hydrogens (tertiary/aromatic N) is 2. The number of amides is 1. The third-order valence-corrected chi connectivity index (χ3v) is 5.57. The van der Waals surface area contributed by atoms with Gasteiger partial charge in [0.2, 0.25) is 0 Å². The van der Waals surface area contributed by atoms with E-state index in [9.17, 15) is 9.18 Å². The normalized spacial score (nSPS) is 10.7. The van der Waals surface area contributed by atoms with E-state index in [-0.39, 0.29) is 18.3 Å². The van der Waals surface area contributed by atoms with Crippen LogP contribution in [-0.2, 0) is 6.54 Å². The van der Waals surface area contributed by atoms with Gasteiger partial charge in [-0.1, -0.05) is 29.8 Å². The third kappa shape index (κ3) is 4.78. The molecule has 0 saturated heterocycles. The zero-order chi connectivity index (χ0) is 24.2. The standard InChI is InChI=1S/C27H26FN3O3/c1-17-5-12-24(18(2)13-17)31-25(27(32)29-16-19-6-8-20(28)9-7-19)15-23(30-31)22-11-10-21(33-3)14-26(22)34-4/h5-15H,16H2,1-4H3,(H,29,32). The summed E-state index contributed by atoms with van der Waals surface area (Å²) in [6.07, 6.45) is 0. The highest BCUT2D eigenvalue weighted by molar-refractivity contribution is 5.94. The Labute approximate surface area is 198 Å².